The van der Waals surface area contributed by atoms with Crippen molar-refractivity contribution in [3.63, 3.8) is 0 Å². The van der Waals surface area contributed by atoms with Crippen LogP contribution in [0.2, 0.25) is 0 Å². The number of benzene rings is 2. The second kappa shape index (κ2) is 8.84. The van der Waals surface area contributed by atoms with Crippen molar-refractivity contribution in [2.45, 2.75) is 20.0 Å². The van der Waals surface area contributed by atoms with Gasteiger partial charge in [0, 0.05) is 14.5 Å². The van der Waals surface area contributed by atoms with E-state index in [0.717, 1.165) is 31.9 Å². The Balaban J connectivity index is 0.000000224. The van der Waals surface area contributed by atoms with Gasteiger partial charge < -0.3 is 5.11 Å². The first-order valence-electron chi connectivity index (χ1n) is 6.44. The van der Waals surface area contributed by atoms with Gasteiger partial charge >= 0.3 is 0 Å². The van der Waals surface area contributed by atoms with Crippen molar-refractivity contribution in [2.24, 2.45) is 0 Å². The fraction of sp³-hybridized carbons (Fsp3) is 0.176. The van der Waals surface area contributed by atoms with Crippen LogP contribution in [0.1, 0.15) is 33.2 Å². The molecule has 22 heavy (non-hydrogen) atoms. The molecular formula is C17H15Br2NO2. The second-order valence-electron chi connectivity index (χ2n) is 4.65. The predicted molar refractivity (Wildman–Crippen MR) is 93.7 cm³/mol. The van der Waals surface area contributed by atoms with Gasteiger partial charge in [-0.25, -0.2) is 0 Å². The normalized spacial score (nSPS) is 10.9. The number of aryl methyl sites for hydroxylation is 2. The van der Waals surface area contributed by atoms with E-state index in [1.807, 2.05) is 44.2 Å². The van der Waals surface area contributed by atoms with Gasteiger partial charge in [0.15, 0.2) is 6.10 Å². The van der Waals surface area contributed by atoms with Crippen LogP contribution in [0.3, 0.4) is 0 Å². The van der Waals surface area contributed by atoms with Crippen LogP contribution in [0, 0.1) is 25.2 Å². The van der Waals surface area contributed by atoms with Gasteiger partial charge in [0.05, 0.1) is 6.07 Å². The summed E-state index contributed by atoms with van der Waals surface area (Å²) in [5.74, 6) is 0. The minimum Gasteiger partial charge on any atom is -0.374 e. The molecule has 0 heterocycles. The quantitative estimate of drug-likeness (QED) is 0.551. The zero-order valence-electron chi connectivity index (χ0n) is 12.2. The van der Waals surface area contributed by atoms with Gasteiger partial charge in [0.1, 0.15) is 6.29 Å². The fourth-order valence-corrected chi connectivity index (χ4v) is 2.47. The lowest BCUT2D eigenvalue weighted by Crippen LogP contribution is -1.96. The van der Waals surface area contributed by atoms with Gasteiger partial charge in [0.25, 0.3) is 0 Å². The number of carbonyl (C=O) groups excluding carboxylic acids is 1. The molecule has 0 fully saturated rings. The Bertz CT molecular complexity index is 708. The highest BCUT2D eigenvalue weighted by Gasteiger charge is 2.08. The zero-order chi connectivity index (χ0) is 16.7. The standard InChI is InChI=1S/C9H8BrNO.C8H7BrO/c1-6-2-3-7(10)4-8(6)9(12)5-11;1-6-2-3-8(9)4-7(6)5-10/h2-4,9,12H,1H3;2-5H,1H3. The molecular weight excluding hydrogens is 410 g/mol. The second-order valence-corrected chi connectivity index (χ2v) is 6.48. The van der Waals surface area contributed by atoms with Crippen molar-refractivity contribution in [1.82, 2.24) is 0 Å². The molecule has 0 bridgehead atoms. The lowest BCUT2D eigenvalue weighted by atomic mass is 10.0. The van der Waals surface area contributed by atoms with Crippen LogP contribution in [0.25, 0.3) is 0 Å². The average Bonchev–Trinajstić information content (AvgIpc) is 2.52. The van der Waals surface area contributed by atoms with Crippen LogP contribution >= 0.6 is 31.9 Å². The molecule has 0 aliphatic carbocycles. The molecule has 1 atom stereocenters. The molecule has 0 saturated carbocycles. The largest absolute Gasteiger partial charge is 0.374 e. The number of rotatable bonds is 2. The summed E-state index contributed by atoms with van der Waals surface area (Å²) >= 11 is 6.55. The molecule has 2 aromatic carbocycles. The summed E-state index contributed by atoms with van der Waals surface area (Å²) in [4.78, 5) is 10.4. The number of aliphatic hydroxyl groups is 1. The van der Waals surface area contributed by atoms with E-state index in [2.05, 4.69) is 31.9 Å². The number of nitrogens with zero attached hydrogens (tertiary/aromatic N) is 1. The van der Waals surface area contributed by atoms with Crippen molar-refractivity contribution in [2.75, 3.05) is 0 Å². The Kier molecular flexibility index (Phi) is 7.46. The van der Waals surface area contributed by atoms with E-state index in [1.165, 1.54) is 0 Å². The van der Waals surface area contributed by atoms with E-state index in [9.17, 15) is 9.90 Å². The summed E-state index contributed by atoms with van der Waals surface area (Å²) in [6.45, 7) is 3.78. The first-order valence-corrected chi connectivity index (χ1v) is 8.02. The van der Waals surface area contributed by atoms with Gasteiger partial charge in [-0.2, -0.15) is 5.26 Å². The number of nitriles is 1. The summed E-state index contributed by atoms with van der Waals surface area (Å²) in [6, 6.07) is 12.9. The fourth-order valence-electron chi connectivity index (χ4n) is 1.71. The van der Waals surface area contributed by atoms with Gasteiger partial charge in [-0.05, 0) is 54.8 Å². The first kappa shape index (κ1) is 18.6. The van der Waals surface area contributed by atoms with Crippen LogP contribution in [-0.2, 0) is 0 Å². The van der Waals surface area contributed by atoms with Crippen molar-refractivity contribution in [1.29, 1.82) is 5.26 Å². The smallest absolute Gasteiger partial charge is 0.166 e. The van der Waals surface area contributed by atoms with Gasteiger partial charge in [-0.3, -0.25) is 4.79 Å². The third kappa shape index (κ3) is 5.38. The van der Waals surface area contributed by atoms with Crippen LogP contribution in [0.15, 0.2) is 45.3 Å². The first-order chi connectivity index (χ1) is 10.4. The number of hydrogen-bond donors (Lipinski definition) is 1. The van der Waals surface area contributed by atoms with Gasteiger partial charge in [0.2, 0.25) is 0 Å². The Morgan fingerprint density at radius 1 is 1.09 bits per heavy atom. The summed E-state index contributed by atoms with van der Waals surface area (Å²) < 4.78 is 1.82. The molecule has 0 saturated heterocycles. The maximum atomic E-state index is 10.4. The maximum Gasteiger partial charge on any atom is 0.166 e. The lowest BCUT2D eigenvalue weighted by Gasteiger charge is -2.06. The molecule has 2 rings (SSSR count). The molecule has 114 valence electrons. The third-order valence-corrected chi connectivity index (χ3v) is 4.01. The highest BCUT2D eigenvalue weighted by atomic mass is 79.9. The molecule has 0 amide bonds. The number of aliphatic hydroxyl groups excluding tert-OH is 1. The van der Waals surface area contributed by atoms with E-state index < -0.39 is 6.10 Å². The van der Waals surface area contributed by atoms with E-state index in [0.29, 0.717) is 5.56 Å². The number of hydrogen-bond acceptors (Lipinski definition) is 3. The molecule has 1 N–H and O–H groups in total. The molecule has 0 aromatic heterocycles. The predicted octanol–water partition coefficient (Wildman–Crippen LogP) is 4.88. The molecule has 0 radical (unpaired) electrons. The lowest BCUT2D eigenvalue weighted by molar-refractivity contribution is 0.112. The molecule has 5 heteroatoms. The van der Waals surface area contributed by atoms with Crippen LogP contribution in [0.4, 0.5) is 0 Å². The Morgan fingerprint density at radius 2 is 1.64 bits per heavy atom. The summed E-state index contributed by atoms with van der Waals surface area (Å²) in [7, 11) is 0. The highest BCUT2D eigenvalue weighted by molar-refractivity contribution is 9.10. The number of aldehydes is 1. The monoisotopic (exact) mass is 423 g/mol. The van der Waals surface area contributed by atoms with Crippen molar-refractivity contribution < 1.29 is 9.90 Å². The van der Waals surface area contributed by atoms with E-state index in [4.69, 9.17) is 5.26 Å². The van der Waals surface area contributed by atoms with Gasteiger partial charge in [-0.1, -0.05) is 44.0 Å². The summed E-state index contributed by atoms with van der Waals surface area (Å²) in [5.41, 5.74) is 3.34. The van der Waals surface area contributed by atoms with Crippen molar-refractivity contribution in [3.05, 3.63) is 67.6 Å². The molecule has 0 aliphatic rings. The van der Waals surface area contributed by atoms with Crippen molar-refractivity contribution >= 4 is 38.1 Å². The maximum absolute atomic E-state index is 10.4. The molecule has 3 nitrogen and oxygen atoms in total. The minimum atomic E-state index is -1.03. The Labute approximate surface area is 146 Å². The van der Waals surface area contributed by atoms with E-state index in [1.54, 1.807) is 12.1 Å². The Hall–Kier alpha value is -1.48. The number of halogens is 2. The molecule has 2 aromatic rings. The van der Waals surface area contributed by atoms with Crippen LogP contribution in [-0.4, -0.2) is 11.4 Å². The molecule has 1 unspecified atom stereocenters. The van der Waals surface area contributed by atoms with E-state index in [-0.39, 0.29) is 0 Å². The van der Waals surface area contributed by atoms with Crippen LogP contribution in [0.5, 0.6) is 0 Å². The topological polar surface area (TPSA) is 61.1 Å². The van der Waals surface area contributed by atoms with E-state index >= 15 is 0 Å². The van der Waals surface area contributed by atoms with Crippen molar-refractivity contribution in [3.8, 4) is 6.07 Å². The highest BCUT2D eigenvalue weighted by Crippen LogP contribution is 2.21. The zero-order valence-corrected chi connectivity index (χ0v) is 15.3. The van der Waals surface area contributed by atoms with Crippen LogP contribution < -0.4 is 0 Å². The Morgan fingerprint density at radius 3 is 2.14 bits per heavy atom. The average molecular weight is 425 g/mol. The molecule has 0 spiro atoms. The SMILES string of the molecule is Cc1ccc(Br)cc1C(O)C#N.Cc1ccc(Br)cc1C=O. The summed E-state index contributed by atoms with van der Waals surface area (Å²) in [6.07, 6.45) is -0.164. The summed E-state index contributed by atoms with van der Waals surface area (Å²) in [5, 5.41) is 17.7. The minimum absolute atomic E-state index is 0.659. The third-order valence-electron chi connectivity index (χ3n) is 3.03. The van der Waals surface area contributed by atoms with Gasteiger partial charge in [-0.15, -0.1) is 0 Å². The molecule has 0 aliphatic heterocycles. The number of carbonyl (C=O) groups is 1.